The molecule has 0 aliphatic heterocycles. The highest BCUT2D eigenvalue weighted by Crippen LogP contribution is 2.15. The molecule has 2 aromatic carbocycles. The molecule has 1 aromatic heterocycles. The smallest absolute Gasteiger partial charge is 0.251 e. The molecule has 0 aliphatic rings. The van der Waals surface area contributed by atoms with Crippen molar-refractivity contribution >= 4 is 28.4 Å². The number of benzene rings is 2. The molecule has 0 unspecified atom stereocenters. The van der Waals surface area contributed by atoms with Gasteiger partial charge in [0.2, 0.25) is 5.91 Å². The number of hydrogen-bond acceptors (Lipinski definition) is 3. The van der Waals surface area contributed by atoms with E-state index in [4.69, 9.17) is 0 Å². The summed E-state index contributed by atoms with van der Waals surface area (Å²) in [5.41, 5.74) is 1.53. The van der Waals surface area contributed by atoms with Crippen LogP contribution in [0.25, 0.3) is 10.8 Å². The third-order valence-electron chi connectivity index (χ3n) is 3.60. The number of hydrogen-bond donors (Lipinski definition) is 2. The molecule has 5 heteroatoms. The van der Waals surface area contributed by atoms with Crippen LogP contribution in [-0.4, -0.2) is 23.3 Å². The molecule has 0 saturated carbocycles. The minimum absolute atomic E-state index is 0.110. The van der Waals surface area contributed by atoms with E-state index >= 15 is 0 Å². The van der Waals surface area contributed by atoms with Gasteiger partial charge in [-0.2, -0.15) is 0 Å². The molecule has 2 N–H and O–H groups in total. The van der Waals surface area contributed by atoms with E-state index in [1.54, 1.807) is 18.3 Å². The summed E-state index contributed by atoms with van der Waals surface area (Å²) in [5.74, 6) is -0.140. The molecule has 3 aromatic rings. The zero-order chi connectivity index (χ0) is 16.9. The van der Waals surface area contributed by atoms with Crippen LogP contribution in [0.2, 0.25) is 0 Å². The standard InChI is InChI=1S/C19H17N3O2/c1-13-6-9-17(20-11-13)22-18(23)12-21-19(24)16-8-7-14-4-2-3-5-15(14)10-16/h2-11H,12H2,1H3,(H,21,24)(H,20,22,23). The zero-order valence-corrected chi connectivity index (χ0v) is 13.2. The van der Waals surface area contributed by atoms with E-state index in [0.29, 0.717) is 11.4 Å². The summed E-state index contributed by atoms with van der Waals surface area (Å²) in [4.78, 5) is 28.2. The molecule has 5 nitrogen and oxygen atoms in total. The molecule has 0 aliphatic carbocycles. The van der Waals surface area contributed by atoms with E-state index in [-0.39, 0.29) is 18.4 Å². The predicted molar refractivity (Wildman–Crippen MR) is 93.9 cm³/mol. The molecule has 0 radical (unpaired) electrons. The Labute approximate surface area is 139 Å². The van der Waals surface area contributed by atoms with E-state index in [1.807, 2.05) is 49.4 Å². The Hall–Kier alpha value is -3.21. The fourth-order valence-electron chi connectivity index (χ4n) is 2.32. The van der Waals surface area contributed by atoms with Gasteiger partial charge in [0.25, 0.3) is 5.91 Å². The van der Waals surface area contributed by atoms with Gasteiger partial charge in [-0.3, -0.25) is 9.59 Å². The van der Waals surface area contributed by atoms with Gasteiger partial charge in [-0.1, -0.05) is 36.4 Å². The van der Waals surface area contributed by atoms with Crippen LogP contribution in [-0.2, 0) is 4.79 Å². The van der Waals surface area contributed by atoms with Crippen molar-refractivity contribution in [3.05, 3.63) is 71.9 Å². The molecule has 0 atom stereocenters. The Balaban J connectivity index is 1.59. The van der Waals surface area contributed by atoms with Crippen LogP contribution in [0.3, 0.4) is 0 Å². The lowest BCUT2D eigenvalue weighted by Gasteiger charge is -2.07. The number of rotatable bonds is 4. The number of carbonyl (C=O) groups excluding carboxylic acids is 2. The first-order valence-electron chi connectivity index (χ1n) is 7.61. The molecule has 0 spiro atoms. The van der Waals surface area contributed by atoms with Gasteiger partial charge in [-0.15, -0.1) is 0 Å². The first-order valence-corrected chi connectivity index (χ1v) is 7.61. The average molecular weight is 319 g/mol. The van der Waals surface area contributed by atoms with Crippen LogP contribution in [0.15, 0.2) is 60.8 Å². The third kappa shape index (κ3) is 3.76. The fourth-order valence-corrected chi connectivity index (χ4v) is 2.32. The summed E-state index contributed by atoms with van der Waals surface area (Å²) in [6.07, 6.45) is 1.67. The van der Waals surface area contributed by atoms with Gasteiger partial charge in [-0.25, -0.2) is 4.98 Å². The molecule has 120 valence electrons. The van der Waals surface area contributed by atoms with Crippen LogP contribution < -0.4 is 10.6 Å². The fraction of sp³-hybridized carbons (Fsp3) is 0.105. The van der Waals surface area contributed by atoms with Gasteiger partial charge in [0, 0.05) is 11.8 Å². The lowest BCUT2D eigenvalue weighted by Crippen LogP contribution is -2.33. The van der Waals surface area contributed by atoms with Crippen LogP contribution in [0.4, 0.5) is 5.82 Å². The maximum absolute atomic E-state index is 12.2. The van der Waals surface area contributed by atoms with Crippen molar-refractivity contribution in [2.24, 2.45) is 0 Å². The van der Waals surface area contributed by atoms with E-state index in [0.717, 1.165) is 16.3 Å². The number of amides is 2. The number of aryl methyl sites for hydroxylation is 1. The van der Waals surface area contributed by atoms with Crippen molar-refractivity contribution in [2.75, 3.05) is 11.9 Å². The summed E-state index contributed by atoms with van der Waals surface area (Å²) < 4.78 is 0. The molecule has 0 fully saturated rings. The first-order chi connectivity index (χ1) is 11.6. The number of fused-ring (bicyclic) bond motifs is 1. The number of carbonyl (C=O) groups is 2. The molecule has 2 amide bonds. The minimum atomic E-state index is -0.319. The molecule has 24 heavy (non-hydrogen) atoms. The molecule has 1 heterocycles. The number of nitrogens with one attached hydrogen (secondary N) is 2. The molecule has 0 bridgehead atoms. The number of pyridine rings is 1. The molecule has 3 rings (SSSR count). The SMILES string of the molecule is Cc1ccc(NC(=O)CNC(=O)c2ccc3ccccc3c2)nc1. The normalized spacial score (nSPS) is 10.4. The number of aromatic nitrogens is 1. The largest absolute Gasteiger partial charge is 0.343 e. The van der Waals surface area contributed by atoms with Gasteiger partial charge in [0.05, 0.1) is 6.54 Å². The second-order valence-electron chi connectivity index (χ2n) is 5.51. The van der Waals surface area contributed by atoms with Gasteiger partial charge < -0.3 is 10.6 Å². The predicted octanol–water partition coefficient (Wildman–Crippen LogP) is 2.91. The van der Waals surface area contributed by atoms with Crippen LogP contribution in [0.1, 0.15) is 15.9 Å². The van der Waals surface area contributed by atoms with Crippen molar-refractivity contribution < 1.29 is 9.59 Å². The summed E-state index contributed by atoms with van der Waals surface area (Å²) in [5, 5.41) is 7.31. The highest BCUT2D eigenvalue weighted by molar-refractivity contribution is 6.01. The molecular weight excluding hydrogens is 302 g/mol. The van der Waals surface area contributed by atoms with Crippen molar-refractivity contribution in [1.29, 1.82) is 0 Å². The third-order valence-corrected chi connectivity index (χ3v) is 3.60. The summed E-state index contributed by atoms with van der Waals surface area (Å²) in [7, 11) is 0. The summed E-state index contributed by atoms with van der Waals surface area (Å²) in [6, 6.07) is 16.8. The second-order valence-corrected chi connectivity index (χ2v) is 5.51. The van der Waals surface area contributed by atoms with Crippen molar-refractivity contribution in [3.63, 3.8) is 0 Å². The maximum Gasteiger partial charge on any atom is 0.251 e. The Morgan fingerprint density at radius 2 is 1.79 bits per heavy atom. The van der Waals surface area contributed by atoms with E-state index in [2.05, 4.69) is 15.6 Å². The van der Waals surface area contributed by atoms with E-state index in [1.165, 1.54) is 0 Å². The van der Waals surface area contributed by atoms with Crippen molar-refractivity contribution in [2.45, 2.75) is 6.92 Å². The lowest BCUT2D eigenvalue weighted by atomic mass is 10.1. The highest BCUT2D eigenvalue weighted by Gasteiger charge is 2.09. The van der Waals surface area contributed by atoms with Crippen LogP contribution in [0, 0.1) is 6.92 Å². The van der Waals surface area contributed by atoms with Crippen LogP contribution >= 0.6 is 0 Å². The van der Waals surface area contributed by atoms with Gasteiger partial charge in [-0.05, 0) is 41.5 Å². The zero-order valence-electron chi connectivity index (χ0n) is 13.2. The Morgan fingerprint density at radius 1 is 1.00 bits per heavy atom. The quantitative estimate of drug-likeness (QED) is 0.777. The Bertz CT molecular complexity index is 889. The van der Waals surface area contributed by atoms with E-state index < -0.39 is 0 Å². The molecule has 0 saturated heterocycles. The van der Waals surface area contributed by atoms with E-state index in [9.17, 15) is 9.59 Å². The lowest BCUT2D eigenvalue weighted by molar-refractivity contribution is -0.115. The second kappa shape index (κ2) is 6.91. The Morgan fingerprint density at radius 3 is 2.54 bits per heavy atom. The number of nitrogens with zero attached hydrogens (tertiary/aromatic N) is 1. The monoisotopic (exact) mass is 319 g/mol. The van der Waals surface area contributed by atoms with Gasteiger partial charge in [0.15, 0.2) is 0 Å². The first kappa shape index (κ1) is 15.7. The Kier molecular flexibility index (Phi) is 4.52. The average Bonchev–Trinajstić information content (AvgIpc) is 2.61. The van der Waals surface area contributed by atoms with Gasteiger partial charge in [0.1, 0.15) is 5.82 Å². The van der Waals surface area contributed by atoms with Crippen molar-refractivity contribution in [3.8, 4) is 0 Å². The van der Waals surface area contributed by atoms with Crippen molar-refractivity contribution in [1.82, 2.24) is 10.3 Å². The number of anilines is 1. The highest BCUT2D eigenvalue weighted by atomic mass is 16.2. The summed E-state index contributed by atoms with van der Waals surface area (Å²) >= 11 is 0. The minimum Gasteiger partial charge on any atom is -0.343 e. The van der Waals surface area contributed by atoms with Gasteiger partial charge >= 0.3 is 0 Å². The summed E-state index contributed by atoms with van der Waals surface area (Å²) in [6.45, 7) is 1.81. The maximum atomic E-state index is 12.2. The van der Waals surface area contributed by atoms with Crippen LogP contribution in [0.5, 0.6) is 0 Å². The molecular formula is C19H17N3O2. The topological polar surface area (TPSA) is 71.1 Å².